The zero-order valence-corrected chi connectivity index (χ0v) is 15.2. The Morgan fingerprint density at radius 1 is 0.739 bits per heavy atom. The minimum atomic E-state index is -0.964. The van der Waals surface area contributed by atoms with Gasteiger partial charge in [-0.25, -0.2) is 0 Å². The SMILES string of the molecule is O=[N+]([O-])Oc1cccc([O-])c1.O=[N+]([O-])Oc1cccc([O-])c1.[Pb+2]. The molecule has 0 spiro atoms. The van der Waals surface area contributed by atoms with Crippen molar-refractivity contribution in [2.75, 3.05) is 0 Å². The van der Waals surface area contributed by atoms with Crippen LogP contribution in [0.15, 0.2) is 48.5 Å². The first-order chi connectivity index (χ1) is 10.4. The van der Waals surface area contributed by atoms with Gasteiger partial charge in [0.05, 0.1) is 0 Å². The smallest absolute Gasteiger partial charge is 0.872 e. The van der Waals surface area contributed by atoms with Crippen molar-refractivity contribution in [2.45, 2.75) is 0 Å². The first-order valence-corrected chi connectivity index (χ1v) is 5.55. The summed E-state index contributed by atoms with van der Waals surface area (Å²) in [5.41, 5.74) is 0. The number of hydrogen-bond donors (Lipinski definition) is 0. The maximum absolute atomic E-state index is 10.6. The van der Waals surface area contributed by atoms with Crippen molar-refractivity contribution in [1.29, 1.82) is 0 Å². The molecule has 0 aliphatic carbocycles. The van der Waals surface area contributed by atoms with E-state index in [4.69, 9.17) is 0 Å². The maximum atomic E-state index is 10.6. The fraction of sp³-hybridized carbons (Fsp3) is 0. The molecular formula is C12H8N2O8Pb. The van der Waals surface area contributed by atoms with Crippen molar-refractivity contribution in [2.24, 2.45) is 0 Å². The topological polar surface area (TPSA) is 151 Å². The fourth-order valence-electron chi connectivity index (χ4n) is 1.23. The molecule has 2 aromatic carbocycles. The summed E-state index contributed by atoms with van der Waals surface area (Å²) >= 11 is 0. The molecule has 0 unspecified atom stereocenters. The van der Waals surface area contributed by atoms with Gasteiger partial charge in [0.2, 0.25) is 0 Å². The normalized spacial score (nSPS) is 8.70. The Morgan fingerprint density at radius 3 is 1.35 bits per heavy atom. The third-order valence-corrected chi connectivity index (χ3v) is 1.97. The minimum absolute atomic E-state index is 0. The summed E-state index contributed by atoms with van der Waals surface area (Å²) in [5, 5.41) is 38.7. The zero-order valence-electron chi connectivity index (χ0n) is 11.3. The Kier molecular flexibility index (Phi) is 8.99. The molecule has 2 radical (unpaired) electrons. The molecular weight excluding hydrogens is 507 g/mol. The molecule has 10 nitrogen and oxygen atoms in total. The van der Waals surface area contributed by atoms with Crippen LogP contribution in [-0.2, 0) is 0 Å². The Morgan fingerprint density at radius 2 is 1.09 bits per heavy atom. The molecule has 0 fully saturated rings. The van der Waals surface area contributed by atoms with E-state index in [1.165, 1.54) is 36.4 Å². The van der Waals surface area contributed by atoms with Crippen molar-refractivity contribution in [1.82, 2.24) is 0 Å². The molecule has 0 saturated heterocycles. The predicted octanol–water partition coefficient (Wildman–Crippen LogP) is 0.281. The number of rotatable bonds is 4. The van der Waals surface area contributed by atoms with Crippen LogP contribution in [0.2, 0.25) is 0 Å². The van der Waals surface area contributed by atoms with Crippen LogP contribution in [-0.4, -0.2) is 37.5 Å². The van der Waals surface area contributed by atoms with Gasteiger partial charge < -0.3 is 10.2 Å². The van der Waals surface area contributed by atoms with Crippen LogP contribution in [0.1, 0.15) is 0 Å². The average Bonchev–Trinajstić information content (AvgIpc) is 2.37. The van der Waals surface area contributed by atoms with Crippen molar-refractivity contribution in [3.8, 4) is 23.0 Å². The number of benzene rings is 2. The van der Waals surface area contributed by atoms with E-state index in [0.717, 1.165) is 12.1 Å². The molecule has 11 heteroatoms. The van der Waals surface area contributed by atoms with Gasteiger partial charge in [-0.05, 0) is 24.3 Å². The van der Waals surface area contributed by atoms with Gasteiger partial charge >= 0.3 is 27.3 Å². The van der Waals surface area contributed by atoms with Crippen LogP contribution < -0.4 is 19.9 Å². The quantitative estimate of drug-likeness (QED) is 0.320. The monoisotopic (exact) mass is 516 g/mol. The van der Waals surface area contributed by atoms with E-state index in [9.17, 15) is 30.4 Å². The van der Waals surface area contributed by atoms with E-state index >= 15 is 0 Å². The summed E-state index contributed by atoms with van der Waals surface area (Å²) in [4.78, 5) is 27.6. The Hall–Kier alpha value is -2.64. The van der Waals surface area contributed by atoms with Crippen molar-refractivity contribution in [3.05, 3.63) is 68.8 Å². The van der Waals surface area contributed by atoms with Gasteiger partial charge in [0.15, 0.2) is 0 Å². The van der Waals surface area contributed by atoms with E-state index in [2.05, 4.69) is 9.68 Å². The first kappa shape index (κ1) is 20.4. The Balaban J connectivity index is 0.000000403. The van der Waals surface area contributed by atoms with Gasteiger partial charge in [-0.1, -0.05) is 24.3 Å². The van der Waals surface area contributed by atoms with Crippen molar-refractivity contribution in [3.63, 3.8) is 0 Å². The van der Waals surface area contributed by atoms with Gasteiger partial charge in [-0.15, -0.1) is 31.7 Å². The van der Waals surface area contributed by atoms with Gasteiger partial charge in [0, 0.05) is 0 Å². The van der Waals surface area contributed by atoms with Gasteiger partial charge in [0.25, 0.3) is 10.2 Å². The molecule has 0 amide bonds. The largest absolute Gasteiger partial charge is 2.00 e. The summed E-state index contributed by atoms with van der Waals surface area (Å²) in [7, 11) is 0. The molecule has 2 rings (SSSR count). The molecule has 23 heavy (non-hydrogen) atoms. The van der Waals surface area contributed by atoms with Crippen molar-refractivity contribution >= 4 is 27.3 Å². The predicted molar refractivity (Wildman–Crippen MR) is 72.8 cm³/mol. The van der Waals surface area contributed by atoms with E-state index in [0.29, 0.717) is 0 Å². The van der Waals surface area contributed by atoms with Gasteiger partial charge in [-0.3, -0.25) is 9.68 Å². The second kappa shape index (κ2) is 10.1. The molecule has 118 valence electrons. The van der Waals surface area contributed by atoms with Crippen LogP contribution in [0.4, 0.5) is 0 Å². The second-order valence-corrected chi connectivity index (χ2v) is 3.58. The van der Waals surface area contributed by atoms with Crippen LogP contribution in [0.5, 0.6) is 23.0 Å². The molecule has 0 N–H and O–H groups in total. The van der Waals surface area contributed by atoms with Gasteiger partial charge in [-0.2, -0.15) is 0 Å². The maximum Gasteiger partial charge on any atom is 2.00 e. The zero-order chi connectivity index (χ0) is 16.5. The summed E-state index contributed by atoms with van der Waals surface area (Å²) in [6.07, 6.45) is 0. The molecule has 0 heterocycles. The Bertz CT molecular complexity index is 610. The van der Waals surface area contributed by atoms with E-state index in [-0.39, 0.29) is 50.3 Å². The van der Waals surface area contributed by atoms with Crippen LogP contribution in [0, 0.1) is 20.2 Å². The van der Waals surface area contributed by atoms with Crippen LogP contribution in [0.25, 0.3) is 0 Å². The van der Waals surface area contributed by atoms with Gasteiger partial charge in [0.1, 0.15) is 11.5 Å². The standard InChI is InChI=1S/2C6H5NO4.Pb/c2*8-5-2-1-3-6(4-5)11-7(9)10;/h2*1-4,8H;/q;;+2/p-2. The van der Waals surface area contributed by atoms with E-state index in [1.54, 1.807) is 0 Å². The number of hydrogen-bond acceptors (Lipinski definition) is 8. The minimum Gasteiger partial charge on any atom is -0.872 e. The third-order valence-electron chi connectivity index (χ3n) is 1.97. The summed E-state index contributed by atoms with van der Waals surface area (Å²) < 4.78 is 0. The molecule has 2 aromatic rings. The molecule has 0 aliphatic heterocycles. The Labute approximate surface area is 149 Å². The fourth-order valence-corrected chi connectivity index (χ4v) is 1.23. The molecule has 0 aromatic heterocycles. The number of nitrogens with zero attached hydrogens (tertiary/aromatic N) is 2. The average molecular weight is 515 g/mol. The molecule has 0 saturated carbocycles. The van der Waals surface area contributed by atoms with Crippen LogP contribution >= 0.6 is 0 Å². The molecule has 0 aliphatic rings. The van der Waals surface area contributed by atoms with Crippen molar-refractivity contribution < 1.29 is 30.1 Å². The van der Waals surface area contributed by atoms with E-state index < -0.39 is 10.2 Å². The van der Waals surface area contributed by atoms with Crippen LogP contribution in [0.3, 0.4) is 0 Å². The third kappa shape index (κ3) is 9.07. The molecule has 0 bridgehead atoms. The summed E-state index contributed by atoms with van der Waals surface area (Å²) in [5.74, 6) is -0.737. The molecule has 0 atom stereocenters. The van der Waals surface area contributed by atoms with E-state index in [1.807, 2.05) is 0 Å². The first-order valence-electron chi connectivity index (χ1n) is 5.55. The second-order valence-electron chi connectivity index (χ2n) is 3.58. The summed E-state index contributed by atoms with van der Waals surface area (Å²) in [6, 6.07) is 10.1. The summed E-state index contributed by atoms with van der Waals surface area (Å²) in [6.45, 7) is 0.